The fraction of sp³-hybridized carbons (Fsp3) is 0.357. The Kier molecular flexibility index (Phi) is 5.95. The van der Waals surface area contributed by atoms with Crippen LogP contribution in [0.1, 0.15) is 41.9 Å². The van der Waals surface area contributed by atoms with E-state index in [1.54, 1.807) is 0 Å². The smallest absolute Gasteiger partial charge is 0.119 e. The summed E-state index contributed by atoms with van der Waals surface area (Å²) in [6.45, 7) is 4.14. The minimum absolute atomic E-state index is 0.359. The van der Waals surface area contributed by atoms with Crippen LogP contribution in [0.5, 0.6) is 11.5 Å². The molecule has 1 heterocycles. The summed E-state index contributed by atoms with van der Waals surface area (Å²) in [5.41, 5.74) is 6.37. The predicted octanol–water partition coefficient (Wildman–Crippen LogP) is 5.81. The molecular weight excluding hydrogens is 382 g/mol. The molecule has 5 rings (SSSR count). The maximum Gasteiger partial charge on any atom is 0.119 e. The molecule has 3 heteroatoms. The van der Waals surface area contributed by atoms with Crippen molar-refractivity contribution in [1.82, 2.24) is 4.90 Å². The van der Waals surface area contributed by atoms with Gasteiger partial charge in [0.2, 0.25) is 0 Å². The Hall–Kier alpha value is -2.78. The quantitative estimate of drug-likeness (QED) is 0.554. The zero-order valence-electron chi connectivity index (χ0n) is 18.1. The van der Waals surface area contributed by atoms with Crippen molar-refractivity contribution in [2.75, 3.05) is 26.2 Å². The molecule has 160 valence electrons. The van der Waals surface area contributed by atoms with E-state index in [0.717, 1.165) is 49.3 Å². The number of hydrogen-bond donors (Lipinski definition) is 1. The summed E-state index contributed by atoms with van der Waals surface area (Å²) in [6.07, 6.45) is 5.78. The van der Waals surface area contributed by atoms with Crippen molar-refractivity contribution >= 4 is 0 Å². The largest absolute Gasteiger partial charge is 0.508 e. The summed E-state index contributed by atoms with van der Waals surface area (Å²) in [4.78, 5) is 2.47. The number of ether oxygens (including phenoxy) is 1. The first kappa shape index (κ1) is 20.1. The van der Waals surface area contributed by atoms with Gasteiger partial charge >= 0.3 is 0 Å². The maximum absolute atomic E-state index is 10.4. The molecule has 0 amide bonds. The molecule has 0 spiro atoms. The van der Waals surface area contributed by atoms with Crippen LogP contribution in [-0.4, -0.2) is 36.2 Å². The molecule has 1 fully saturated rings. The number of nitrogens with zero attached hydrogens (tertiary/aromatic N) is 1. The molecule has 3 aromatic carbocycles. The molecule has 1 saturated heterocycles. The van der Waals surface area contributed by atoms with Gasteiger partial charge in [0.05, 0.1) is 0 Å². The molecule has 0 aromatic heterocycles. The van der Waals surface area contributed by atoms with Gasteiger partial charge < -0.3 is 9.84 Å². The lowest BCUT2D eigenvalue weighted by molar-refractivity contribution is 0.238. The summed E-state index contributed by atoms with van der Waals surface area (Å²) >= 11 is 0. The second kappa shape index (κ2) is 9.15. The zero-order valence-corrected chi connectivity index (χ0v) is 18.1. The van der Waals surface area contributed by atoms with E-state index in [4.69, 9.17) is 4.74 Å². The first-order valence-electron chi connectivity index (χ1n) is 11.6. The van der Waals surface area contributed by atoms with Crippen LogP contribution in [0.3, 0.4) is 0 Å². The van der Waals surface area contributed by atoms with E-state index >= 15 is 0 Å². The molecule has 31 heavy (non-hydrogen) atoms. The van der Waals surface area contributed by atoms with E-state index in [0.29, 0.717) is 11.7 Å². The number of hydrogen-bond acceptors (Lipinski definition) is 3. The molecular formula is C28H31NO2. The van der Waals surface area contributed by atoms with E-state index in [9.17, 15) is 5.11 Å². The van der Waals surface area contributed by atoms with Crippen molar-refractivity contribution in [2.24, 2.45) is 0 Å². The van der Waals surface area contributed by atoms with Crippen LogP contribution < -0.4 is 4.74 Å². The van der Waals surface area contributed by atoms with Crippen molar-refractivity contribution in [3.8, 4) is 22.6 Å². The van der Waals surface area contributed by atoms with E-state index in [2.05, 4.69) is 59.5 Å². The summed E-state index contributed by atoms with van der Waals surface area (Å²) in [5, 5.41) is 10.4. The Bertz CT molecular complexity index is 1010. The zero-order chi connectivity index (χ0) is 21.0. The molecule has 3 nitrogen and oxygen atoms in total. The van der Waals surface area contributed by atoms with Crippen LogP contribution in [0.2, 0.25) is 0 Å². The van der Waals surface area contributed by atoms with Crippen molar-refractivity contribution < 1.29 is 9.84 Å². The molecule has 1 atom stereocenters. The Balaban J connectivity index is 1.33. The fourth-order valence-corrected chi connectivity index (χ4v) is 5.15. The fourth-order valence-electron chi connectivity index (χ4n) is 5.15. The summed E-state index contributed by atoms with van der Waals surface area (Å²) in [7, 11) is 0. The van der Waals surface area contributed by atoms with Gasteiger partial charge in [0.1, 0.15) is 18.1 Å². The molecule has 3 aromatic rings. The highest BCUT2D eigenvalue weighted by Crippen LogP contribution is 2.40. The van der Waals surface area contributed by atoms with Crippen LogP contribution in [0.15, 0.2) is 66.7 Å². The van der Waals surface area contributed by atoms with Crippen molar-refractivity contribution in [2.45, 2.75) is 38.0 Å². The van der Waals surface area contributed by atoms with Gasteiger partial charge in [-0.2, -0.15) is 0 Å². The molecule has 0 saturated carbocycles. The summed E-state index contributed by atoms with van der Waals surface area (Å²) in [5.74, 6) is 1.81. The third-order valence-corrected chi connectivity index (χ3v) is 6.85. The molecule has 1 aliphatic carbocycles. The minimum atomic E-state index is 0.359. The number of fused-ring (bicyclic) bond motifs is 1. The number of aromatic hydroxyl groups is 1. The van der Waals surface area contributed by atoms with Gasteiger partial charge in [-0.15, -0.1) is 0 Å². The second-order valence-corrected chi connectivity index (χ2v) is 8.90. The number of rotatable bonds is 6. The molecule has 1 aliphatic heterocycles. The minimum Gasteiger partial charge on any atom is -0.508 e. The Labute approximate surface area is 185 Å². The van der Waals surface area contributed by atoms with Crippen LogP contribution in [0, 0.1) is 0 Å². The van der Waals surface area contributed by atoms with Crippen LogP contribution in [-0.2, 0) is 12.8 Å². The normalized spacial score (nSPS) is 18.6. The van der Waals surface area contributed by atoms with Crippen molar-refractivity contribution in [1.29, 1.82) is 0 Å². The van der Waals surface area contributed by atoms with E-state index in [1.807, 2.05) is 12.1 Å². The average Bonchev–Trinajstić information content (AvgIpc) is 3.33. The highest BCUT2D eigenvalue weighted by Gasteiger charge is 2.23. The lowest BCUT2D eigenvalue weighted by Crippen LogP contribution is -2.25. The summed E-state index contributed by atoms with van der Waals surface area (Å²) in [6, 6.07) is 23.1. The summed E-state index contributed by atoms with van der Waals surface area (Å²) < 4.78 is 5.98. The van der Waals surface area contributed by atoms with Gasteiger partial charge in [-0.1, -0.05) is 42.5 Å². The monoisotopic (exact) mass is 413 g/mol. The van der Waals surface area contributed by atoms with Crippen LogP contribution >= 0.6 is 0 Å². The molecule has 2 aliphatic rings. The Morgan fingerprint density at radius 3 is 2.48 bits per heavy atom. The first-order chi connectivity index (χ1) is 15.3. The third-order valence-electron chi connectivity index (χ3n) is 6.85. The molecule has 0 radical (unpaired) electrons. The van der Waals surface area contributed by atoms with E-state index in [1.165, 1.54) is 42.6 Å². The predicted molar refractivity (Wildman–Crippen MR) is 126 cm³/mol. The highest BCUT2D eigenvalue weighted by atomic mass is 16.5. The van der Waals surface area contributed by atoms with Crippen LogP contribution in [0.25, 0.3) is 11.1 Å². The molecule has 1 N–H and O–H groups in total. The van der Waals surface area contributed by atoms with E-state index in [-0.39, 0.29) is 0 Å². The van der Waals surface area contributed by atoms with Crippen molar-refractivity contribution in [3.05, 3.63) is 83.4 Å². The standard InChI is InChI=1S/C28H31NO2/c30-25-18-24-9-8-23(21-6-2-1-3-7-21)19-27(24)28(20-25)22-10-12-26(13-11-22)31-17-16-29-14-4-5-15-29/h1-3,6-7,10-13,18,20,23,30H,4-5,8-9,14-17,19H2. The number of phenolic OH excluding ortho intramolecular Hbond substituents is 1. The van der Waals surface area contributed by atoms with Gasteiger partial charge in [0.15, 0.2) is 0 Å². The maximum atomic E-state index is 10.4. The van der Waals surface area contributed by atoms with Gasteiger partial charge in [0, 0.05) is 6.54 Å². The van der Waals surface area contributed by atoms with Gasteiger partial charge in [-0.05, 0) is 103 Å². The average molecular weight is 414 g/mol. The molecule has 0 bridgehead atoms. The number of phenols is 1. The highest BCUT2D eigenvalue weighted by molar-refractivity contribution is 5.72. The van der Waals surface area contributed by atoms with Gasteiger partial charge in [0.25, 0.3) is 0 Å². The first-order valence-corrected chi connectivity index (χ1v) is 11.6. The number of likely N-dealkylation sites (tertiary alicyclic amines) is 1. The Morgan fingerprint density at radius 2 is 1.71 bits per heavy atom. The number of aryl methyl sites for hydroxylation is 1. The SMILES string of the molecule is Oc1cc2c(c(-c3ccc(OCCN4CCCC4)cc3)c1)CC(c1ccccc1)CC2. The van der Waals surface area contributed by atoms with Gasteiger partial charge in [-0.25, -0.2) is 0 Å². The van der Waals surface area contributed by atoms with Crippen LogP contribution in [0.4, 0.5) is 0 Å². The van der Waals surface area contributed by atoms with Crippen molar-refractivity contribution in [3.63, 3.8) is 0 Å². The number of benzene rings is 3. The topological polar surface area (TPSA) is 32.7 Å². The third kappa shape index (κ3) is 4.62. The van der Waals surface area contributed by atoms with Gasteiger partial charge in [-0.3, -0.25) is 4.90 Å². The van der Waals surface area contributed by atoms with E-state index < -0.39 is 0 Å². The second-order valence-electron chi connectivity index (χ2n) is 8.90. The Morgan fingerprint density at radius 1 is 0.935 bits per heavy atom. The lowest BCUT2D eigenvalue weighted by atomic mass is 9.77. The molecule has 1 unspecified atom stereocenters. The lowest BCUT2D eigenvalue weighted by Gasteiger charge is -2.27.